The number of aromatic nitrogens is 3. The van der Waals surface area contributed by atoms with Gasteiger partial charge in [-0.1, -0.05) is 87.0 Å². The highest BCUT2D eigenvalue weighted by Gasteiger charge is 2.26. The Kier molecular flexibility index (Phi) is 13.6. The van der Waals surface area contributed by atoms with Crippen LogP contribution in [0.15, 0.2) is 91.5 Å². The number of amides is 2. The van der Waals surface area contributed by atoms with Gasteiger partial charge in [0, 0.05) is 42.6 Å². The van der Waals surface area contributed by atoms with E-state index in [1.807, 2.05) is 53.4 Å². The Morgan fingerprint density at radius 1 is 0.941 bits per heavy atom. The Bertz CT molecular complexity index is 1920. The number of ether oxygens (including phenoxy) is 1. The van der Waals surface area contributed by atoms with Gasteiger partial charge in [0.2, 0.25) is 11.8 Å². The van der Waals surface area contributed by atoms with Crippen LogP contribution in [0.25, 0.3) is 21.5 Å². The van der Waals surface area contributed by atoms with Crippen molar-refractivity contribution in [3.05, 3.63) is 108 Å². The van der Waals surface area contributed by atoms with Crippen molar-refractivity contribution >= 4 is 51.1 Å². The quantitative estimate of drug-likeness (QED) is 0.113. The van der Waals surface area contributed by atoms with Crippen molar-refractivity contribution in [2.75, 3.05) is 32.2 Å². The number of pyridine rings is 1. The van der Waals surface area contributed by atoms with Gasteiger partial charge in [0.15, 0.2) is 0 Å². The SMILES string of the molecule is CC[C@H](C)[C@@H](CN(CC(=O)N[C@@H](CCSC)C(=O)OC)Cc1cccc2ccccc12)NC(=O)Cc1cncn1Cc1nccc2ccccc12. The summed E-state index contributed by atoms with van der Waals surface area (Å²) in [5.74, 6) is -0.0177. The van der Waals surface area contributed by atoms with Gasteiger partial charge in [0.25, 0.3) is 0 Å². The lowest BCUT2D eigenvalue weighted by atomic mass is 9.97. The van der Waals surface area contributed by atoms with Crippen LogP contribution in [0.2, 0.25) is 0 Å². The molecule has 3 aromatic carbocycles. The van der Waals surface area contributed by atoms with E-state index in [1.54, 1.807) is 24.3 Å². The van der Waals surface area contributed by atoms with Crippen molar-refractivity contribution in [1.29, 1.82) is 0 Å². The number of methoxy groups -OCH3 is 1. The molecule has 0 aliphatic rings. The first-order valence-electron chi connectivity index (χ1n) is 17.5. The largest absolute Gasteiger partial charge is 0.467 e. The van der Waals surface area contributed by atoms with Crippen molar-refractivity contribution < 1.29 is 19.1 Å². The summed E-state index contributed by atoms with van der Waals surface area (Å²) in [6.45, 7) is 5.68. The molecule has 11 heteroatoms. The highest BCUT2D eigenvalue weighted by atomic mass is 32.2. The first-order valence-corrected chi connectivity index (χ1v) is 18.8. The third-order valence-corrected chi connectivity index (χ3v) is 10.1. The molecule has 0 saturated heterocycles. The standard InChI is InChI=1S/C40H48N6O4S/c1-5-28(2)36(44-38(47)21-32-22-41-27-46(32)25-37-34-16-9-7-12-30(34)17-19-42-37)24-45(23-31-14-10-13-29-11-6-8-15-33(29)31)26-39(48)43-35(18-20-51-4)40(49)50-3/h6-17,19,22,27-28,35-36H,5,18,20-21,23-26H2,1-4H3,(H,43,48)(H,44,47)/t28-,35-,36+/m0/s1. The molecule has 2 aromatic heterocycles. The zero-order chi connectivity index (χ0) is 36.2. The summed E-state index contributed by atoms with van der Waals surface area (Å²) >= 11 is 1.61. The molecule has 0 fully saturated rings. The van der Waals surface area contributed by atoms with Crippen LogP contribution in [0.4, 0.5) is 0 Å². The molecule has 3 atom stereocenters. The molecule has 51 heavy (non-hydrogen) atoms. The molecule has 0 bridgehead atoms. The molecular weight excluding hydrogens is 661 g/mol. The van der Waals surface area contributed by atoms with Crippen LogP contribution in [0.5, 0.6) is 0 Å². The number of rotatable bonds is 18. The molecule has 5 aromatic rings. The lowest BCUT2D eigenvalue weighted by Gasteiger charge is -2.32. The molecular formula is C40H48N6O4S. The fourth-order valence-electron chi connectivity index (χ4n) is 6.39. The number of carbonyl (C=O) groups is 3. The van der Waals surface area contributed by atoms with Gasteiger partial charge in [-0.2, -0.15) is 11.8 Å². The van der Waals surface area contributed by atoms with E-state index in [0.717, 1.165) is 44.9 Å². The average Bonchev–Trinajstić information content (AvgIpc) is 3.58. The second-order valence-electron chi connectivity index (χ2n) is 13.0. The number of esters is 1. The average molecular weight is 709 g/mol. The molecule has 0 spiro atoms. The fourth-order valence-corrected chi connectivity index (χ4v) is 6.86. The maximum atomic E-state index is 13.7. The van der Waals surface area contributed by atoms with Gasteiger partial charge in [-0.15, -0.1) is 0 Å². The van der Waals surface area contributed by atoms with Crippen LogP contribution >= 0.6 is 11.8 Å². The second-order valence-corrected chi connectivity index (χ2v) is 13.9. The number of carbonyl (C=O) groups excluding carboxylic acids is 3. The first-order chi connectivity index (χ1) is 24.8. The highest BCUT2D eigenvalue weighted by Crippen LogP contribution is 2.22. The number of fused-ring (bicyclic) bond motifs is 2. The van der Waals surface area contributed by atoms with Gasteiger partial charge in [-0.3, -0.25) is 19.5 Å². The Morgan fingerprint density at radius 3 is 2.41 bits per heavy atom. The minimum atomic E-state index is -0.728. The lowest BCUT2D eigenvalue weighted by Crippen LogP contribution is -2.51. The summed E-state index contributed by atoms with van der Waals surface area (Å²) in [4.78, 5) is 50.8. The summed E-state index contributed by atoms with van der Waals surface area (Å²) < 4.78 is 6.95. The summed E-state index contributed by atoms with van der Waals surface area (Å²) in [5, 5.41) is 10.6. The van der Waals surface area contributed by atoms with Crippen molar-refractivity contribution in [3.63, 3.8) is 0 Å². The molecule has 2 amide bonds. The van der Waals surface area contributed by atoms with E-state index in [2.05, 4.69) is 75.7 Å². The summed E-state index contributed by atoms with van der Waals surface area (Å²) in [6, 6.07) is 23.5. The molecule has 5 rings (SSSR count). The predicted octanol–water partition coefficient (Wildman–Crippen LogP) is 5.62. The van der Waals surface area contributed by atoms with E-state index < -0.39 is 12.0 Å². The number of thioether (sulfide) groups is 1. The van der Waals surface area contributed by atoms with E-state index in [9.17, 15) is 14.4 Å². The maximum Gasteiger partial charge on any atom is 0.328 e. The van der Waals surface area contributed by atoms with Crippen LogP contribution in [0, 0.1) is 5.92 Å². The maximum absolute atomic E-state index is 13.7. The van der Waals surface area contributed by atoms with Crippen molar-refractivity contribution in [2.45, 2.75) is 58.3 Å². The summed E-state index contributed by atoms with van der Waals surface area (Å²) in [7, 11) is 1.33. The van der Waals surface area contributed by atoms with Gasteiger partial charge >= 0.3 is 5.97 Å². The molecule has 0 aliphatic carbocycles. The Balaban J connectivity index is 1.34. The fraction of sp³-hybridized carbons (Fsp3) is 0.375. The van der Waals surface area contributed by atoms with E-state index in [-0.39, 0.29) is 36.7 Å². The molecule has 2 heterocycles. The molecule has 2 N–H and O–H groups in total. The highest BCUT2D eigenvalue weighted by molar-refractivity contribution is 7.98. The van der Waals surface area contributed by atoms with Gasteiger partial charge < -0.3 is 19.9 Å². The van der Waals surface area contributed by atoms with Crippen LogP contribution in [0.3, 0.4) is 0 Å². The molecule has 0 saturated carbocycles. The Labute approximate surface area is 304 Å². The smallest absolute Gasteiger partial charge is 0.328 e. The van der Waals surface area contributed by atoms with Gasteiger partial charge in [-0.05, 0) is 52.1 Å². The van der Waals surface area contributed by atoms with E-state index >= 15 is 0 Å². The third kappa shape index (κ3) is 10.2. The topological polar surface area (TPSA) is 118 Å². The first kappa shape index (κ1) is 37.5. The number of hydrogen-bond acceptors (Lipinski definition) is 8. The lowest BCUT2D eigenvalue weighted by molar-refractivity contribution is -0.145. The summed E-state index contributed by atoms with van der Waals surface area (Å²) in [5.41, 5.74) is 2.78. The number of imidazole rings is 1. The Hall–Kier alpha value is -4.74. The zero-order valence-electron chi connectivity index (χ0n) is 29.9. The van der Waals surface area contributed by atoms with Gasteiger partial charge in [-0.25, -0.2) is 9.78 Å². The van der Waals surface area contributed by atoms with E-state index in [0.29, 0.717) is 31.8 Å². The van der Waals surface area contributed by atoms with E-state index in [1.165, 1.54) is 7.11 Å². The van der Waals surface area contributed by atoms with Crippen molar-refractivity contribution in [1.82, 2.24) is 30.1 Å². The minimum Gasteiger partial charge on any atom is -0.467 e. The minimum absolute atomic E-state index is 0.0452. The monoisotopic (exact) mass is 708 g/mol. The van der Waals surface area contributed by atoms with Crippen LogP contribution in [-0.2, 0) is 38.6 Å². The number of hydrogen-bond donors (Lipinski definition) is 2. The number of nitrogens with one attached hydrogen (secondary N) is 2. The third-order valence-electron chi connectivity index (χ3n) is 9.42. The van der Waals surface area contributed by atoms with Gasteiger partial charge in [0.05, 0.1) is 38.6 Å². The molecule has 0 aliphatic heterocycles. The molecule has 0 radical (unpaired) electrons. The Morgan fingerprint density at radius 2 is 1.67 bits per heavy atom. The summed E-state index contributed by atoms with van der Waals surface area (Å²) in [6.07, 6.45) is 8.70. The van der Waals surface area contributed by atoms with Crippen LogP contribution in [0.1, 0.15) is 43.6 Å². The van der Waals surface area contributed by atoms with Crippen molar-refractivity contribution in [2.24, 2.45) is 5.92 Å². The van der Waals surface area contributed by atoms with Crippen LogP contribution < -0.4 is 10.6 Å². The normalized spacial score (nSPS) is 13.2. The van der Waals surface area contributed by atoms with Crippen LogP contribution in [-0.4, -0.2) is 81.5 Å². The van der Waals surface area contributed by atoms with Gasteiger partial charge in [0.1, 0.15) is 6.04 Å². The predicted molar refractivity (Wildman–Crippen MR) is 204 cm³/mol. The number of benzene rings is 3. The van der Waals surface area contributed by atoms with E-state index in [4.69, 9.17) is 4.74 Å². The zero-order valence-corrected chi connectivity index (χ0v) is 30.7. The molecule has 10 nitrogen and oxygen atoms in total. The second kappa shape index (κ2) is 18.5. The molecule has 0 unspecified atom stereocenters. The number of nitrogens with zero attached hydrogens (tertiary/aromatic N) is 4. The molecule has 268 valence electrons. The van der Waals surface area contributed by atoms with Crippen molar-refractivity contribution in [3.8, 4) is 0 Å².